The minimum atomic E-state index is -0.0664. The SMILES string of the molecule is CCC1(CCC(C)=O)CSc2cc(OC)ccc2C(c2ccccc2)N1. The van der Waals surface area contributed by atoms with Gasteiger partial charge in [-0.3, -0.25) is 5.32 Å². The van der Waals surface area contributed by atoms with E-state index in [1.165, 1.54) is 16.0 Å². The highest BCUT2D eigenvalue weighted by atomic mass is 32.2. The number of carbonyl (C=O) groups excluding carboxylic acids is 1. The molecule has 0 saturated heterocycles. The quantitative estimate of drug-likeness (QED) is 0.778. The smallest absolute Gasteiger partial charge is 0.129 e. The van der Waals surface area contributed by atoms with Crippen LogP contribution in [-0.2, 0) is 4.79 Å². The van der Waals surface area contributed by atoms with E-state index in [1.807, 2.05) is 23.9 Å². The largest absolute Gasteiger partial charge is 0.497 e. The topological polar surface area (TPSA) is 38.3 Å². The highest BCUT2D eigenvalue weighted by molar-refractivity contribution is 7.99. The number of benzene rings is 2. The maximum absolute atomic E-state index is 11.6. The summed E-state index contributed by atoms with van der Waals surface area (Å²) < 4.78 is 5.44. The third-order valence-corrected chi connectivity index (χ3v) is 6.61. The molecule has 2 aromatic rings. The number of methoxy groups -OCH3 is 1. The molecule has 0 saturated carbocycles. The minimum Gasteiger partial charge on any atom is -0.497 e. The summed E-state index contributed by atoms with van der Waals surface area (Å²) in [5.74, 6) is 2.08. The molecule has 4 heteroatoms. The lowest BCUT2D eigenvalue weighted by Gasteiger charge is -2.36. The van der Waals surface area contributed by atoms with Crippen molar-refractivity contribution in [3.63, 3.8) is 0 Å². The molecule has 2 atom stereocenters. The molecule has 2 unspecified atom stereocenters. The lowest BCUT2D eigenvalue weighted by atomic mass is 9.88. The van der Waals surface area contributed by atoms with Crippen molar-refractivity contribution in [1.29, 1.82) is 0 Å². The first-order valence-corrected chi connectivity index (χ1v) is 10.2. The van der Waals surface area contributed by atoms with Crippen LogP contribution in [0.3, 0.4) is 0 Å². The van der Waals surface area contributed by atoms with E-state index < -0.39 is 0 Å². The van der Waals surface area contributed by atoms with Crippen molar-refractivity contribution in [2.75, 3.05) is 12.9 Å². The van der Waals surface area contributed by atoms with E-state index in [0.717, 1.165) is 24.3 Å². The van der Waals surface area contributed by atoms with Crippen LogP contribution in [-0.4, -0.2) is 24.2 Å². The maximum atomic E-state index is 11.6. The molecule has 138 valence electrons. The lowest BCUT2D eigenvalue weighted by Crippen LogP contribution is -2.48. The van der Waals surface area contributed by atoms with Crippen LogP contribution in [0.1, 0.15) is 50.3 Å². The predicted octanol–water partition coefficient (Wildman–Crippen LogP) is 5.00. The van der Waals surface area contributed by atoms with Gasteiger partial charge in [0.2, 0.25) is 0 Å². The second kappa shape index (κ2) is 8.28. The van der Waals surface area contributed by atoms with E-state index >= 15 is 0 Å². The number of ketones is 1. The van der Waals surface area contributed by atoms with Crippen molar-refractivity contribution in [3.8, 4) is 5.75 Å². The first-order valence-electron chi connectivity index (χ1n) is 9.20. The Labute approximate surface area is 160 Å². The molecule has 3 nitrogen and oxygen atoms in total. The zero-order valence-corrected chi connectivity index (χ0v) is 16.6. The second-order valence-electron chi connectivity index (χ2n) is 7.02. The summed E-state index contributed by atoms with van der Waals surface area (Å²) in [7, 11) is 1.71. The van der Waals surface area contributed by atoms with Crippen molar-refractivity contribution in [1.82, 2.24) is 5.32 Å². The molecule has 0 radical (unpaired) electrons. The van der Waals surface area contributed by atoms with Crippen LogP contribution in [0.5, 0.6) is 5.75 Å². The Kier molecular flexibility index (Phi) is 6.05. The minimum absolute atomic E-state index is 0.0664. The van der Waals surface area contributed by atoms with E-state index in [1.54, 1.807) is 14.0 Å². The van der Waals surface area contributed by atoms with Crippen molar-refractivity contribution in [3.05, 3.63) is 59.7 Å². The van der Waals surface area contributed by atoms with Crippen LogP contribution in [0, 0.1) is 0 Å². The van der Waals surface area contributed by atoms with Gasteiger partial charge in [0.15, 0.2) is 0 Å². The number of hydrogen-bond acceptors (Lipinski definition) is 4. The highest BCUT2D eigenvalue weighted by Gasteiger charge is 2.36. The van der Waals surface area contributed by atoms with Gasteiger partial charge in [0.05, 0.1) is 13.2 Å². The van der Waals surface area contributed by atoms with Crippen LogP contribution in [0.15, 0.2) is 53.4 Å². The van der Waals surface area contributed by atoms with Gasteiger partial charge in [0.25, 0.3) is 0 Å². The molecule has 26 heavy (non-hydrogen) atoms. The van der Waals surface area contributed by atoms with Crippen LogP contribution in [0.4, 0.5) is 0 Å². The van der Waals surface area contributed by atoms with Gasteiger partial charge in [-0.1, -0.05) is 43.3 Å². The molecule has 2 aromatic carbocycles. The molecule has 1 aliphatic heterocycles. The average Bonchev–Trinajstić information content (AvgIpc) is 2.84. The highest BCUT2D eigenvalue weighted by Crippen LogP contribution is 2.41. The van der Waals surface area contributed by atoms with E-state index in [9.17, 15) is 4.79 Å². The molecule has 0 spiro atoms. The summed E-state index contributed by atoms with van der Waals surface area (Å²) in [5.41, 5.74) is 2.46. The normalized spacial score (nSPS) is 22.3. The summed E-state index contributed by atoms with van der Waals surface area (Å²) in [6, 6.07) is 17.0. The standard InChI is InChI=1S/C22H27NO2S/c1-4-22(13-12-16(2)24)15-26-20-14-18(25-3)10-11-19(20)21(23-22)17-8-6-5-7-9-17/h5-11,14,21,23H,4,12-13,15H2,1-3H3. The molecule has 0 aromatic heterocycles. The molecule has 0 aliphatic carbocycles. The number of carbonyl (C=O) groups is 1. The molecule has 1 N–H and O–H groups in total. The Hall–Kier alpha value is -1.78. The van der Waals surface area contributed by atoms with E-state index in [4.69, 9.17) is 4.74 Å². The van der Waals surface area contributed by atoms with Gasteiger partial charge in [0.1, 0.15) is 11.5 Å². The predicted molar refractivity (Wildman–Crippen MR) is 108 cm³/mol. The number of hydrogen-bond donors (Lipinski definition) is 1. The Morgan fingerprint density at radius 3 is 2.69 bits per heavy atom. The Balaban J connectivity index is 2.03. The van der Waals surface area contributed by atoms with Gasteiger partial charge >= 0.3 is 0 Å². The molecule has 1 aliphatic rings. The number of Topliss-reactive ketones (excluding diaryl/α,β-unsaturated/α-hetero) is 1. The molecule has 3 rings (SSSR count). The van der Waals surface area contributed by atoms with Crippen LogP contribution >= 0.6 is 11.8 Å². The van der Waals surface area contributed by atoms with Gasteiger partial charge in [0, 0.05) is 22.6 Å². The van der Waals surface area contributed by atoms with Crippen molar-refractivity contribution < 1.29 is 9.53 Å². The average molecular weight is 370 g/mol. The Morgan fingerprint density at radius 1 is 1.27 bits per heavy atom. The molecular weight excluding hydrogens is 342 g/mol. The van der Waals surface area contributed by atoms with Crippen LogP contribution in [0.2, 0.25) is 0 Å². The summed E-state index contributed by atoms with van der Waals surface area (Å²) in [6.45, 7) is 3.90. The van der Waals surface area contributed by atoms with E-state index in [-0.39, 0.29) is 17.4 Å². The zero-order chi connectivity index (χ0) is 18.6. The molecule has 0 bridgehead atoms. The first kappa shape index (κ1) is 19.0. The zero-order valence-electron chi connectivity index (χ0n) is 15.7. The second-order valence-corrected chi connectivity index (χ2v) is 8.03. The third-order valence-electron chi connectivity index (χ3n) is 5.25. The van der Waals surface area contributed by atoms with Gasteiger partial charge in [-0.25, -0.2) is 0 Å². The number of nitrogens with one attached hydrogen (secondary N) is 1. The van der Waals surface area contributed by atoms with Crippen LogP contribution in [0.25, 0.3) is 0 Å². The Bertz CT molecular complexity index is 762. The summed E-state index contributed by atoms with van der Waals surface area (Å²) in [5, 5.41) is 3.93. The third kappa shape index (κ3) is 4.13. The van der Waals surface area contributed by atoms with Crippen LogP contribution < -0.4 is 10.1 Å². The first-order chi connectivity index (χ1) is 12.6. The Morgan fingerprint density at radius 2 is 2.04 bits per heavy atom. The summed E-state index contributed by atoms with van der Waals surface area (Å²) >= 11 is 1.87. The fraction of sp³-hybridized carbons (Fsp3) is 0.409. The maximum Gasteiger partial charge on any atom is 0.129 e. The number of thioether (sulfide) groups is 1. The monoisotopic (exact) mass is 369 g/mol. The van der Waals surface area contributed by atoms with Gasteiger partial charge in [-0.2, -0.15) is 0 Å². The molecular formula is C22H27NO2S. The lowest BCUT2D eigenvalue weighted by molar-refractivity contribution is -0.117. The number of ether oxygens (including phenoxy) is 1. The van der Waals surface area contributed by atoms with Gasteiger partial charge in [-0.05, 0) is 43.0 Å². The summed E-state index contributed by atoms with van der Waals surface area (Å²) in [4.78, 5) is 12.9. The van der Waals surface area contributed by atoms with E-state index in [2.05, 4.69) is 48.6 Å². The molecule has 1 heterocycles. The fourth-order valence-electron chi connectivity index (χ4n) is 3.50. The van der Waals surface area contributed by atoms with Crippen molar-refractivity contribution in [2.45, 2.75) is 49.6 Å². The molecule has 0 fully saturated rings. The fourth-order valence-corrected chi connectivity index (χ4v) is 4.91. The van der Waals surface area contributed by atoms with Crippen molar-refractivity contribution in [2.24, 2.45) is 0 Å². The summed E-state index contributed by atoms with van der Waals surface area (Å²) in [6.07, 6.45) is 2.46. The van der Waals surface area contributed by atoms with Crippen molar-refractivity contribution >= 4 is 17.5 Å². The van der Waals surface area contributed by atoms with Gasteiger partial charge in [-0.15, -0.1) is 11.8 Å². The molecule has 0 amide bonds. The van der Waals surface area contributed by atoms with E-state index in [0.29, 0.717) is 6.42 Å². The number of fused-ring (bicyclic) bond motifs is 1. The number of rotatable bonds is 6. The van der Waals surface area contributed by atoms with Gasteiger partial charge < -0.3 is 9.53 Å².